The summed E-state index contributed by atoms with van der Waals surface area (Å²) in [4.78, 5) is 29.8. The normalized spacial score (nSPS) is 21.7. The van der Waals surface area contributed by atoms with Crippen LogP contribution in [0.25, 0.3) is 5.76 Å². The van der Waals surface area contributed by atoms with E-state index >= 15 is 0 Å². The van der Waals surface area contributed by atoms with Crippen molar-refractivity contribution in [2.45, 2.75) is 45.3 Å². The van der Waals surface area contributed by atoms with E-state index in [0.29, 0.717) is 24.6 Å². The molecule has 33 heavy (non-hydrogen) atoms. The lowest BCUT2D eigenvalue weighted by Gasteiger charge is -2.27. The number of likely N-dealkylation sites (N-methyl/N-ethyl adjacent to an activating group) is 1. The van der Waals surface area contributed by atoms with Crippen LogP contribution in [0.3, 0.4) is 0 Å². The van der Waals surface area contributed by atoms with E-state index in [-0.39, 0.29) is 17.4 Å². The van der Waals surface area contributed by atoms with Crippen LogP contribution in [0, 0.1) is 0 Å². The van der Waals surface area contributed by atoms with Gasteiger partial charge in [-0.2, -0.15) is 0 Å². The first-order chi connectivity index (χ1) is 15.7. The van der Waals surface area contributed by atoms with Gasteiger partial charge < -0.3 is 19.6 Å². The Morgan fingerprint density at radius 1 is 1.15 bits per heavy atom. The zero-order valence-corrected chi connectivity index (χ0v) is 20.0. The van der Waals surface area contributed by atoms with Gasteiger partial charge in [-0.1, -0.05) is 38.1 Å². The third-order valence-corrected chi connectivity index (χ3v) is 6.42. The summed E-state index contributed by atoms with van der Waals surface area (Å²) in [6.45, 7) is 7.24. The molecule has 0 aliphatic carbocycles. The Bertz CT molecular complexity index is 1100. The molecule has 2 atom stereocenters. The summed E-state index contributed by atoms with van der Waals surface area (Å²) in [5, 5.41) is 11.3. The van der Waals surface area contributed by atoms with Crippen LogP contribution in [0.5, 0.6) is 5.75 Å². The highest BCUT2D eigenvalue weighted by atomic mass is 16.5. The standard InChI is InChI=1S/C27H32N2O4/c1-16(2)18-6-8-19(9-7-18)24-23(26(31)27(32)29(24)13-12-28(4)5)25(30)20-10-11-22-21(15-20)14-17(3)33-22/h6-11,15-17,24,30H,12-14H2,1-5H3/t17-,24-/m0/s1. The van der Waals surface area contributed by atoms with Crippen molar-refractivity contribution in [3.8, 4) is 5.75 Å². The number of carbonyl (C=O) groups is 2. The van der Waals surface area contributed by atoms with Gasteiger partial charge >= 0.3 is 0 Å². The van der Waals surface area contributed by atoms with Crippen molar-refractivity contribution in [3.05, 3.63) is 70.3 Å². The second-order valence-corrected chi connectivity index (χ2v) is 9.57. The number of Topliss-reactive ketones (excluding diaryl/α,β-unsaturated/α-hetero) is 1. The molecule has 1 amide bonds. The molecule has 4 rings (SSSR count). The minimum Gasteiger partial charge on any atom is -0.507 e. The highest BCUT2D eigenvalue weighted by Crippen LogP contribution is 2.40. The topological polar surface area (TPSA) is 70.1 Å². The Morgan fingerprint density at radius 2 is 1.85 bits per heavy atom. The summed E-state index contributed by atoms with van der Waals surface area (Å²) in [5.74, 6) is -0.189. The zero-order valence-electron chi connectivity index (χ0n) is 20.0. The molecule has 174 valence electrons. The van der Waals surface area contributed by atoms with Gasteiger partial charge in [-0.25, -0.2) is 0 Å². The summed E-state index contributed by atoms with van der Waals surface area (Å²) in [7, 11) is 3.85. The number of ketones is 1. The number of aliphatic hydroxyl groups excluding tert-OH is 1. The first-order valence-electron chi connectivity index (χ1n) is 11.5. The molecule has 0 unspecified atom stereocenters. The molecule has 0 bridgehead atoms. The molecule has 0 radical (unpaired) electrons. The molecule has 0 spiro atoms. The number of aliphatic hydroxyl groups is 1. The lowest BCUT2D eigenvalue weighted by atomic mass is 9.92. The van der Waals surface area contributed by atoms with E-state index < -0.39 is 17.7 Å². The van der Waals surface area contributed by atoms with Crippen molar-refractivity contribution in [1.82, 2.24) is 9.80 Å². The number of fused-ring (bicyclic) bond motifs is 1. The summed E-state index contributed by atoms with van der Waals surface area (Å²) < 4.78 is 5.77. The molecule has 6 heteroatoms. The van der Waals surface area contributed by atoms with E-state index in [4.69, 9.17) is 4.74 Å². The minimum absolute atomic E-state index is 0.0773. The van der Waals surface area contributed by atoms with E-state index in [1.54, 1.807) is 11.0 Å². The highest BCUT2D eigenvalue weighted by Gasteiger charge is 2.46. The van der Waals surface area contributed by atoms with E-state index in [1.807, 2.05) is 62.3 Å². The van der Waals surface area contributed by atoms with Gasteiger partial charge in [-0.05, 0) is 61.8 Å². The molecule has 2 aromatic carbocycles. The van der Waals surface area contributed by atoms with Crippen LogP contribution in [0.4, 0.5) is 0 Å². The number of hydrogen-bond acceptors (Lipinski definition) is 5. The molecule has 2 aromatic rings. The molecule has 2 aliphatic heterocycles. The Morgan fingerprint density at radius 3 is 2.48 bits per heavy atom. The third-order valence-electron chi connectivity index (χ3n) is 6.42. The molecule has 1 N–H and O–H groups in total. The van der Waals surface area contributed by atoms with Gasteiger partial charge in [0.05, 0.1) is 11.6 Å². The van der Waals surface area contributed by atoms with Crippen molar-refractivity contribution in [1.29, 1.82) is 0 Å². The number of hydrogen-bond donors (Lipinski definition) is 1. The molecule has 2 heterocycles. The van der Waals surface area contributed by atoms with E-state index in [9.17, 15) is 14.7 Å². The predicted octanol–water partition coefficient (Wildman–Crippen LogP) is 4.12. The monoisotopic (exact) mass is 448 g/mol. The maximum absolute atomic E-state index is 13.2. The van der Waals surface area contributed by atoms with Crippen LogP contribution in [-0.2, 0) is 16.0 Å². The molecule has 0 saturated carbocycles. The van der Waals surface area contributed by atoms with Crippen LogP contribution < -0.4 is 4.74 Å². The minimum atomic E-state index is -0.644. The summed E-state index contributed by atoms with van der Waals surface area (Å²) in [5.41, 5.74) is 3.66. The molecule has 2 aliphatic rings. The number of ether oxygens (including phenoxy) is 1. The lowest BCUT2D eigenvalue weighted by Crippen LogP contribution is -2.35. The van der Waals surface area contributed by atoms with Gasteiger partial charge in [-0.3, -0.25) is 9.59 Å². The van der Waals surface area contributed by atoms with Gasteiger partial charge in [-0.15, -0.1) is 0 Å². The Labute approximate surface area is 195 Å². The zero-order chi connectivity index (χ0) is 23.9. The SMILES string of the molecule is CC(C)c1ccc([C@H]2C(=C(O)c3ccc4c(c3)C[C@H](C)O4)C(=O)C(=O)N2CCN(C)C)cc1. The number of likely N-dealkylation sites (tertiary alicyclic amines) is 1. The Balaban J connectivity index is 1.80. The fourth-order valence-electron chi connectivity index (χ4n) is 4.55. The van der Waals surface area contributed by atoms with Crippen molar-refractivity contribution in [2.75, 3.05) is 27.2 Å². The molecule has 6 nitrogen and oxygen atoms in total. The second-order valence-electron chi connectivity index (χ2n) is 9.57. The first-order valence-corrected chi connectivity index (χ1v) is 11.5. The average molecular weight is 449 g/mol. The number of carbonyl (C=O) groups excluding carboxylic acids is 2. The maximum Gasteiger partial charge on any atom is 0.295 e. The van der Waals surface area contributed by atoms with Gasteiger partial charge in [0.1, 0.15) is 17.6 Å². The Hall–Kier alpha value is -3.12. The fraction of sp³-hybridized carbons (Fsp3) is 0.407. The van der Waals surface area contributed by atoms with Gasteiger partial charge in [0, 0.05) is 25.1 Å². The predicted molar refractivity (Wildman–Crippen MR) is 128 cm³/mol. The molecule has 1 saturated heterocycles. The first kappa shape index (κ1) is 23.1. The Kier molecular flexibility index (Phi) is 6.30. The average Bonchev–Trinajstić information content (AvgIpc) is 3.27. The fourth-order valence-corrected chi connectivity index (χ4v) is 4.55. The number of rotatable bonds is 6. The highest BCUT2D eigenvalue weighted by molar-refractivity contribution is 6.46. The van der Waals surface area contributed by atoms with E-state index in [1.165, 1.54) is 5.56 Å². The van der Waals surface area contributed by atoms with E-state index in [2.05, 4.69) is 13.8 Å². The van der Waals surface area contributed by atoms with Crippen LogP contribution in [0.2, 0.25) is 0 Å². The molecular weight excluding hydrogens is 416 g/mol. The molecule has 0 aromatic heterocycles. The quantitative estimate of drug-likeness (QED) is 0.409. The second kappa shape index (κ2) is 9.02. The summed E-state index contributed by atoms with van der Waals surface area (Å²) in [6.07, 6.45) is 0.821. The van der Waals surface area contributed by atoms with Gasteiger partial charge in [0.15, 0.2) is 0 Å². The van der Waals surface area contributed by atoms with Crippen molar-refractivity contribution < 1.29 is 19.4 Å². The van der Waals surface area contributed by atoms with Crippen LogP contribution in [-0.4, -0.2) is 59.9 Å². The summed E-state index contributed by atoms with van der Waals surface area (Å²) >= 11 is 0. The third kappa shape index (κ3) is 4.40. The van der Waals surface area contributed by atoms with Crippen molar-refractivity contribution in [2.24, 2.45) is 0 Å². The number of benzene rings is 2. The van der Waals surface area contributed by atoms with E-state index in [0.717, 1.165) is 23.3 Å². The smallest absolute Gasteiger partial charge is 0.295 e. The molecular formula is C27H32N2O4. The maximum atomic E-state index is 13.2. The number of amides is 1. The molecule has 1 fully saturated rings. The largest absolute Gasteiger partial charge is 0.507 e. The van der Waals surface area contributed by atoms with Crippen molar-refractivity contribution in [3.63, 3.8) is 0 Å². The lowest BCUT2D eigenvalue weighted by molar-refractivity contribution is -0.140. The van der Waals surface area contributed by atoms with Gasteiger partial charge in [0.2, 0.25) is 0 Å². The number of nitrogens with zero attached hydrogens (tertiary/aromatic N) is 2. The van der Waals surface area contributed by atoms with Gasteiger partial charge in [0.25, 0.3) is 11.7 Å². The van der Waals surface area contributed by atoms with Crippen LogP contribution in [0.15, 0.2) is 48.0 Å². The van der Waals surface area contributed by atoms with Crippen LogP contribution in [0.1, 0.15) is 55.0 Å². The summed E-state index contributed by atoms with van der Waals surface area (Å²) in [6, 6.07) is 12.8. The van der Waals surface area contributed by atoms with Crippen LogP contribution >= 0.6 is 0 Å². The van der Waals surface area contributed by atoms with Crippen molar-refractivity contribution >= 4 is 17.4 Å².